The van der Waals surface area contributed by atoms with E-state index >= 15 is 0 Å². The van der Waals surface area contributed by atoms with Crippen molar-refractivity contribution >= 4 is 5.78 Å². The zero-order chi connectivity index (χ0) is 9.68. The average Bonchev–Trinajstić information content (AvgIpc) is 2.18. The van der Waals surface area contributed by atoms with E-state index in [1.165, 1.54) is 7.11 Å². The van der Waals surface area contributed by atoms with Gasteiger partial charge in [0.15, 0.2) is 5.78 Å². The lowest BCUT2D eigenvalue weighted by atomic mass is 10.2. The van der Waals surface area contributed by atoms with Gasteiger partial charge in [-0.25, -0.2) is 4.98 Å². The number of likely N-dealkylation sites (N-methyl/N-ethyl adjacent to an activating group) is 1. The minimum Gasteiger partial charge on any atom is -0.494 e. The van der Waals surface area contributed by atoms with Crippen molar-refractivity contribution in [3.05, 3.63) is 24.0 Å². The molecular formula is C10H16N2O2. The summed E-state index contributed by atoms with van der Waals surface area (Å²) in [5, 5.41) is 2.77. The number of methoxy groups -OCH3 is 1. The molecule has 1 aromatic heterocycles. The first kappa shape index (κ1) is 12.6. The highest BCUT2D eigenvalue weighted by molar-refractivity contribution is 5.98. The molecule has 0 amide bonds. The fraction of sp³-hybridized carbons (Fsp3) is 0.400. The monoisotopic (exact) mass is 196 g/mol. The molecule has 14 heavy (non-hydrogen) atoms. The van der Waals surface area contributed by atoms with Gasteiger partial charge in [-0.2, -0.15) is 0 Å². The van der Waals surface area contributed by atoms with Crippen LogP contribution in [-0.2, 0) is 0 Å². The number of ether oxygens (including phenoxy) is 1. The molecule has 0 saturated carbocycles. The predicted octanol–water partition coefficient (Wildman–Crippen LogP) is 1.13. The number of carbonyl (C=O) groups is 1. The molecule has 0 aliphatic rings. The van der Waals surface area contributed by atoms with Crippen LogP contribution < -0.4 is 10.1 Å². The Balaban J connectivity index is 0.00000169. The third-order valence-electron chi connectivity index (χ3n) is 1.59. The molecule has 1 N–H and O–H groups in total. The number of aromatic nitrogens is 1. The minimum absolute atomic E-state index is 0. The zero-order valence-corrected chi connectivity index (χ0v) is 7.70. The zero-order valence-electron chi connectivity index (χ0n) is 7.70. The average molecular weight is 196 g/mol. The molecule has 78 valence electrons. The Morgan fingerprint density at radius 3 is 2.93 bits per heavy atom. The number of Topliss-reactive ketones (excluding diaryl/α,β-unsaturated/α-hetero) is 1. The van der Waals surface area contributed by atoms with Gasteiger partial charge in [-0.1, -0.05) is 7.43 Å². The molecule has 0 aliphatic heterocycles. The number of nitrogens with one attached hydrogen (secondary N) is 1. The van der Waals surface area contributed by atoms with Crippen LogP contribution in [-0.4, -0.2) is 31.5 Å². The summed E-state index contributed by atoms with van der Waals surface area (Å²) in [6.07, 6.45) is 1.57. The van der Waals surface area contributed by atoms with Crippen LogP contribution in [0.1, 0.15) is 17.9 Å². The van der Waals surface area contributed by atoms with Crippen LogP contribution in [0.3, 0.4) is 0 Å². The van der Waals surface area contributed by atoms with Crippen LogP contribution in [0, 0.1) is 0 Å². The second-order valence-electron chi connectivity index (χ2n) is 2.51. The van der Waals surface area contributed by atoms with Crippen LogP contribution in [0.25, 0.3) is 0 Å². The summed E-state index contributed by atoms with van der Waals surface area (Å²) < 4.78 is 5.00. The highest BCUT2D eigenvalue weighted by Crippen LogP contribution is 2.14. The number of carbonyl (C=O) groups excluding carboxylic acids is 1. The Bertz CT molecular complexity index is 300. The van der Waals surface area contributed by atoms with E-state index in [4.69, 9.17) is 4.74 Å². The second-order valence-corrected chi connectivity index (χ2v) is 2.51. The predicted molar refractivity (Wildman–Crippen MR) is 55.8 cm³/mol. The van der Waals surface area contributed by atoms with E-state index in [2.05, 4.69) is 10.3 Å². The van der Waals surface area contributed by atoms with E-state index in [-0.39, 0.29) is 19.8 Å². The molecule has 4 heteroatoms. The van der Waals surface area contributed by atoms with E-state index in [1.54, 1.807) is 25.4 Å². The number of ketones is 1. The van der Waals surface area contributed by atoms with E-state index in [0.717, 1.165) is 0 Å². The largest absolute Gasteiger partial charge is 0.494 e. The Morgan fingerprint density at radius 1 is 1.64 bits per heavy atom. The molecule has 0 aliphatic carbocycles. The molecular weight excluding hydrogens is 180 g/mol. The number of hydrogen-bond acceptors (Lipinski definition) is 4. The SMILES string of the molecule is C.CNCC(=O)c1ncccc1OC. The van der Waals surface area contributed by atoms with Gasteiger partial charge in [0.05, 0.1) is 13.7 Å². The molecule has 0 unspecified atom stereocenters. The maximum Gasteiger partial charge on any atom is 0.198 e. The topological polar surface area (TPSA) is 51.2 Å². The number of rotatable bonds is 4. The Hall–Kier alpha value is -1.42. The van der Waals surface area contributed by atoms with Gasteiger partial charge in [-0.15, -0.1) is 0 Å². The van der Waals surface area contributed by atoms with Crippen molar-refractivity contribution in [2.45, 2.75) is 7.43 Å². The van der Waals surface area contributed by atoms with Gasteiger partial charge < -0.3 is 10.1 Å². The summed E-state index contributed by atoms with van der Waals surface area (Å²) in [6.45, 7) is 0.271. The van der Waals surface area contributed by atoms with Crippen LogP contribution in [0.4, 0.5) is 0 Å². The standard InChI is InChI=1S/C9H12N2O2.CH4/c1-10-6-7(12)9-8(13-2)4-3-5-11-9;/h3-5,10H,6H2,1-2H3;1H4. The molecule has 0 spiro atoms. The summed E-state index contributed by atoms with van der Waals surface area (Å²) in [7, 11) is 3.24. The van der Waals surface area contributed by atoms with E-state index in [1.807, 2.05) is 0 Å². The molecule has 0 bridgehead atoms. The lowest BCUT2D eigenvalue weighted by Crippen LogP contribution is -2.20. The quantitative estimate of drug-likeness (QED) is 0.733. The van der Waals surface area contributed by atoms with Gasteiger partial charge in [0.1, 0.15) is 11.4 Å². The van der Waals surface area contributed by atoms with Gasteiger partial charge in [0.25, 0.3) is 0 Å². The van der Waals surface area contributed by atoms with Crippen molar-refractivity contribution in [2.24, 2.45) is 0 Å². The first-order valence-corrected chi connectivity index (χ1v) is 3.96. The fourth-order valence-electron chi connectivity index (χ4n) is 1.01. The molecule has 0 fully saturated rings. The van der Waals surface area contributed by atoms with Crippen LogP contribution >= 0.6 is 0 Å². The molecule has 1 rings (SSSR count). The number of hydrogen-bond donors (Lipinski definition) is 1. The molecule has 4 nitrogen and oxygen atoms in total. The van der Waals surface area contributed by atoms with E-state index in [0.29, 0.717) is 11.4 Å². The van der Waals surface area contributed by atoms with Crippen LogP contribution in [0.15, 0.2) is 18.3 Å². The van der Waals surface area contributed by atoms with E-state index in [9.17, 15) is 4.79 Å². The van der Waals surface area contributed by atoms with Crippen LogP contribution in [0.2, 0.25) is 0 Å². The highest BCUT2D eigenvalue weighted by atomic mass is 16.5. The summed E-state index contributed by atoms with van der Waals surface area (Å²) in [6, 6.07) is 3.45. The van der Waals surface area contributed by atoms with Gasteiger partial charge in [-0.05, 0) is 19.2 Å². The van der Waals surface area contributed by atoms with Crippen molar-refractivity contribution in [1.29, 1.82) is 0 Å². The molecule has 1 heterocycles. The van der Waals surface area contributed by atoms with Gasteiger partial charge in [0, 0.05) is 6.20 Å². The third kappa shape index (κ3) is 2.81. The first-order valence-electron chi connectivity index (χ1n) is 3.96. The molecule has 0 aromatic carbocycles. The summed E-state index contributed by atoms with van der Waals surface area (Å²) >= 11 is 0. The van der Waals surface area contributed by atoms with Gasteiger partial charge >= 0.3 is 0 Å². The Morgan fingerprint density at radius 2 is 2.36 bits per heavy atom. The first-order chi connectivity index (χ1) is 6.29. The minimum atomic E-state index is -0.0695. The van der Waals surface area contributed by atoms with Crippen LogP contribution in [0.5, 0.6) is 5.75 Å². The maximum absolute atomic E-state index is 11.4. The van der Waals surface area contributed by atoms with Crippen molar-refractivity contribution < 1.29 is 9.53 Å². The third-order valence-corrected chi connectivity index (χ3v) is 1.59. The summed E-state index contributed by atoms with van der Waals surface area (Å²) in [5.41, 5.74) is 0.374. The number of nitrogens with zero attached hydrogens (tertiary/aromatic N) is 1. The maximum atomic E-state index is 11.4. The Kier molecular flexibility index (Phi) is 5.48. The molecule has 0 atom stereocenters. The van der Waals surface area contributed by atoms with Gasteiger partial charge in [-0.3, -0.25) is 4.79 Å². The highest BCUT2D eigenvalue weighted by Gasteiger charge is 2.11. The molecule has 0 saturated heterocycles. The smallest absolute Gasteiger partial charge is 0.198 e. The van der Waals surface area contributed by atoms with Gasteiger partial charge in [0.2, 0.25) is 0 Å². The fourth-order valence-corrected chi connectivity index (χ4v) is 1.01. The summed E-state index contributed by atoms with van der Waals surface area (Å²) in [5.74, 6) is 0.447. The lowest BCUT2D eigenvalue weighted by molar-refractivity contribution is 0.0985. The van der Waals surface area contributed by atoms with Crippen molar-refractivity contribution in [3.8, 4) is 5.75 Å². The summed E-state index contributed by atoms with van der Waals surface area (Å²) in [4.78, 5) is 15.4. The molecule has 1 aromatic rings. The normalized spacial score (nSPS) is 9.00. The van der Waals surface area contributed by atoms with Crippen molar-refractivity contribution in [3.63, 3.8) is 0 Å². The Labute approximate surface area is 84.3 Å². The second kappa shape index (κ2) is 6.10. The van der Waals surface area contributed by atoms with Crippen molar-refractivity contribution in [1.82, 2.24) is 10.3 Å². The number of pyridine rings is 1. The van der Waals surface area contributed by atoms with Crippen molar-refractivity contribution in [2.75, 3.05) is 20.7 Å². The van der Waals surface area contributed by atoms with E-state index < -0.39 is 0 Å². The molecule has 0 radical (unpaired) electrons. The lowest BCUT2D eigenvalue weighted by Gasteiger charge is -2.04.